The highest BCUT2D eigenvalue weighted by molar-refractivity contribution is 7.15. The van der Waals surface area contributed by atoms with Gasteiger partial charge in [-0.1, -0.05) is 48.5 Å². The molecule has 0 radical (unpaired) electrons. The molecule has 1 N–H and O–H groups in total. The van der Waals surface area contributed by atoms with Gasteiger partial charge in [0.25, 0.3) is 0 Å². The van der Waals surface area contributed by atoms with E-state index in [9.17, 15) is 4.79 Å². The molecule has 0 aliphatic heterocycles. The zero-order valence-corrected chi connectivity index (χ0v) is 13.4. The normalized spacial score (nSPS) is 10.4. The van der Waals surface area contributed by atoms with Gasteiger partial charge in [-0.3, -0.25) is 4.79 Å². The summed E-state index contributed by atoms with van der Waals surface area (Å²) in [5, 5.41) is 8.95. The van der Waals surface area contributed by atoms with E-state index in [0.717, 1.165) is 26.4 Å². The Morgan fingerprint density at radius 1 is 0.826 bits per heavy atom. The molecule has 0 atom stereocenters. The van der Waals surface area contributed by atoms with Crippen molar-refractivity contribution in [2.24, 2.45) is 0 Å². The fourth-order valence-electron chi connectivity index (χ4n) is 2.45. The lowest BCUT2D eigenvalue weighted by atomic mass is 10.0. The number of carboxylic acids is 1. The van der Waals surface area contributed by atoms with Crippen molar-refractivity contribution in [3.8, 4) is 21.6 Å². The number of benzene rings is 2. The molecule has 0 bridgehead atoms. The van der Waals surface area contributed by atoms with Crippen LogP contribution >= 0.6 is 11.3 Å². The minimum Gasteiger partial charge on any atom is -0.481 e. The van der Waals surface area contributed by atoms with Crippen molar-refractivity contribution >= 4 is 17.3 Å². The van der Waals surface area contributed by atoms with E-state index in [2.05, 4.69) is 36.4 Å². The van der Waals surface area contributed by atoms with Crippen LogP contribution in [-0.2, 0) is 11.2 Å². The van der Waals surface area contributed by atoms with Crippen molar-refractivity contribution < 1.29 is 9.90 Å². The zero-order chi connectivity index (χ0) is 16.1. The summed E-state index contributed by atoms with van der Waals surface area (Å²) in [6, 6.07) is 24.7. The molecule has 114 valence electrons. The maximum absolute atomic E-state index is 10.9. The van der Waals surface area contributed by atoms with E-state index in [4.69, 9.17) is 5.11 Å². The van der Waals surface area contributed by atoms with Crippen LogP contribution in [0.3, 0.4) is 0 Å². The Kier molecular flexibility index (Phi) is 4.79. The van der Waals surface area contributed by atoms with E-state index >= 15 is 0 Å². The van der Waals surface area contributed by atoms with Crippen LogP contribution in [0.25, 0.3) is 21.6 Å². The second kappa shape index (κ2) is 7.16. The molecule has 3 rings (SSSR count). The van der Waals surface area contributed by atoms with Gasteiger partial charge in [-0.2, -0.15) is 0 Å². The Morgan fingerprint density at radius 2 is 1.43 bits per heavy atom. The highest BCUT2D eigenvalue weighted by Crippen LogP contribution is 2.32. The van der Waals surface area contributed by atoms with Crippen LogP contribution in [0.15, 0.2) is 72.8 Å². The Bertz CT molecular complexity index is 741. The summed E-state index contributed by atoms with van der Waals surface area (Å²) in [5.74, 6) is -0.761. The third-order valence-electron chi connectivity index (χ3n) is 3.59. The lowest BCUT2D eigenvalue weighted by Gasteiger charge is -2.02. The van der Waals surface area contributed by atoms with E-state index in [1.165, 1.54) is 0 Å². The first-order valence-corrected chi connectivity index (χ1v) is 8.34. The van der Waals surface area contributed by atoms with Gasteiger partial charge in [0.05, 0.1) is 6.42 Å². The quantitative estimate of drug-likeness (QED) is 0.641. The Hall–Kier alpha value is -2.52. The first-order valence-electron chi connectivity index (χ1n) is 7.52. The summed E-state index contributed by atoms with van der Waals surface area (Å²) < 4.78 is 0. The number of carboxylic acid groups (broad SMARTS) is 1. The summed E-state index contributed by atoms with van der Waals surface area (Å²) in [7, 11) is 0. The van der Waals surface area contributed by atoms with E-state index in [0.29, 0.717) is 6.42 Å². The summed E-state index contributed by atoms with van der Waals surface area (Å²) in [4.78, 5) is 13.1. The van der Waals surface area contributed by atoms with Gasteiger partial charge >= 0.3 is 5.97 Å². The molecule has 1 aromatic heterocycles. The Morgan fingerprint density at radius 3 is 2.04 bits per heavy atom. The van der Waals surface area contributed by atoms with Gasteiger partial charge in [-0.15, -0.1) is 0 Å². The van der Waals surface area contributed by atoms with Crippen LogP contribution in [0, 0.1) is 0 Å². The average Bonchev–Trinajstić information content (AvgIpc) is 2.61. The lowest BCUT2D eigenvalue weighted by molar-refractivity contribution is -0.136. The van der Waals surface area contributed by atoms with Crippen LogP contribution in [0.4, 0.5) is 0 Å². The topological polar surface area (TPSA) is 37.3 Å². The Balaban J connectivity index is 2.05. The van der Waals surface area contributed by atoms with Crippen LogP contribution in [0.5, 0.6) is 0 Å². The minimum atomic E-state index is -0.761. The molecule has 0 saturated carbocycles. The van der Waals surface area contributed by atoms with Gasteiger partial charge in [0.15, 0.2) is 0 Å². The van der Waals surface area contributed by atoms with Gasteiger partial charge in [-0.05, 0) is 23.3 Å². The van der Waals surface area contributed by atoms with Crippen LogP contribution in [-0.4, -0.2) is 11.1 Å². The predicted molar refractivity (Wildman–Crippen MR) is 95.6 cm³/mol. The molecule has 0 amide bonds. The van der Waals surface area contributed by atoms with Crippen molar-refractivity contribution in [1.29, 1.82) is 0 Å². The highest BCUT2D eigenvalue weighted by Gasteiger charge is 2.18. The molecule has 0 aliphatic rings. The Labute approximate surface area is 139 Å². The monoisotopic (exact) mass is 321 g/mol. The predicted octanol–water partition coefficient (Wildman–Crippen LogP) is 5.38. The third-order valence-corrected chi connectivity index (χ3v) is 4.75. The summed E-state index contributed by atoms with van der Waals surface area (Å²) in [6.07, 6.45) is 0.712. The van der Waals surface area contributed by atoms with Gasteiger partial charge < -0.3 is 5.11 Å². The SMILES string of the molecule is O=C(O)CCc1cc(-c2ccccc2)cc(-c2ccccc2)[s+]1. The second-order valence-electron chi connectivity index (χ2n) is 5.30. The van der Waals surface area contributed by atoms with Crippen LogP contribution < -0.4 is 0 Å². The molecule has 2 aromatic carbocycles. The molecule has 23 heavy (non-hydrogen) atoms. The van der Waals surface area contributed by atoms with Crippen LogP contribution in [0.2, 0.25) is 0 Å². The number of hydrogen-bond acceptors (Lipinski definition) is 1. The van der Waals surface area contributed by atoms with Crippen molar-refractivity contribution in [3.63, 3.8) is 0 Å². The molecule has 3 heteroatoms. The summed E-state index contributed by atoms with van der Waals surface area (Å²) in [5.41, 5.74) is 3.43. The molecule has 2 nitrogen and oxygen atoms in total. The fourth-order valence-corrected chi connectivity index (χ4v) is 3.56. The lowest BCUT2D eigenvalue weighted by Crippen LogP contribution is -1.97. The van der Waals surface area contributed by atoms with Gasteiger partial charge in [0.2, 0.25) is 21.1 Å². The molecule has 1 heterocycles. The smallest absolute Gasteiger partial charge is 0.303 e. The average molecular weight is 321 g/mol. The van der Waals surface area contributed by atoms with Crippen molar-refractivity contribution in [2.75, 3.05) is 0 Å². The molecular formula is C20H17O2S+. The number of carbonyl (C=O) groups is 1. The number of aliphatic carboxylic acids is 1. The van der Waals surface area contributed by atoms with Crippen LogP contribution in [0.1, 0.15) is 11.3 Å². The minimum absolute atomic E-state index is 0.156. The van der Waals surface area contributed by atoms with E-state index in [1.807, 2.05) is 36.4 Å². The fraction of sp³-hybridized carbons (Fsp3) is 0.100. The van der Waals surface area contributed by atoms with E-state index in [1.54, 1.807) is 11.3 Å². The number of hydrogen-bond donors (Lipinski definition) is 1. The number of rotatable bonds is 5. The molecule has 0 spiro atoms. The summed E-state index contributed by atoms with van der Waals surface area (Å²) in [6.45, 7) is 0. The first kappa shape index (κ1) is 15.4. The van der Waals surface area contributed by atoms with Gasteiger partial charge in [0.1, 0.15) is 0 Å². The molecule has 0 fully saturated rings. The maximum atomic E-state index is 10.9. The summed E-state index contributed by atoms with van der Waals surface area (Å²) >= 11 is 1.66. The highest BCUT2D eigenvalue weighted by atomic mass is 32.1. The standard InChI is InChI=1S/C20H16O2S/c21-20(22)12-11-18-13-17(15-7-3-1-4-8-15)14-19(23-18)16-9-5-2-6-10-16/h1-10,13-14H,11-12H2/p+1. The van der Waals surface area contributed by atoms with Crippen molar-refractivity contribution in [2.45, 2.75) is 12.8 Å². The van der Waals surface area contributed by atoms with E-state index < -0.39 is 5.97 Å². The largest absolute Gasteiger partial charge is 0.481 e. The van der Waals surface area contributed by atoms with E-state index in [-0.39, 0.29) is 6.42 Å². The zero-order valence-electron chi connectivity index (χ0n) is 12.6. The van der Waals surface area contributed by atoms with Gasteiger partial charge in [-0.25, -0.2) is 0 Å². The molecule has 0 aliphatic carbocycles. The third kappa shape index (κ3) is 4.02. The van der Waals surface area contributed by atoms with Gasteiger partial charge in [0, 0.05) is 24.1 Å². The van der Waals surface area contributed by atoms with Crippen molar-refractivity contribution in [1.82, 2.24) is 0 Å². The second-order valence-corrected chi connectivity index (χ2v) is 6.47. The molecule has 0 unspecified atom stereocenters. The molecule has 0 saturated heterocycles. The first-order chi connectivity index (χ1) is 11.2. The maximum Gasteiger partial charge on any atom is 0.303 e. The molecule has 3 aromatic rings. The number of aryl methyl sites for hydroxylation is 1. The molecular weight excluding hydrogens is 304 g/mol. The van der Waals surface area contributed by atoms with Crippen molar-refractivity contribution in [3.05, 3.63) is 77.7 Å².